The SMILES string of the molecule is COc1ccc(CCNC(=O)c2cc(Br)c[nH]2)cc1Br. The summed E-state index contributed by atoms with van der Waals surface area (Å²) in [5.41, 5.74) is 1.68. The molecule has 0 fully saturated rings. The average molecular weight is 402 g/mol. The molecule has 0 aliphatic heterocycles. The molecule has 0 saturated heterocycles. The summed E-state index contributed by atoms with van der Waals surface area (Å²) >= 11 is 6.74. The van der Waals surface area contributed by atoms with Crippen molar-refractivity contribution in [2.45, 2.75) is 6.42 Å². The molecule has 1 heterocycles. The van der Waals surface area contributed by atoms with E-state index in [2.05, 4.69) is 42.2 Å². The van der Waals surface area contributed by atoms with Crippen molar-refractivity contribution in [3.8, 4) is 5.75 Å². The highest BCUT2D eigenvalue weighted by atomic mass is 79.9. The zero-order chi connectivity index (χ0) is 14.5. The van der Waals surface area contributed by atoms with Crippen LogP contribution in [0.2, 0.25) is 0 Å². The van der Waals surface area contributed by atoms with Crippen LogP contribution in [0.3, 0.4) is 0 Å². The second-order valence-corrected chi connectivity index (χ2v) is 5.98. The lowest BCUT2D eigenvalue weighted by Gasteiger charge is -2.07. The van der Waals surface area contributed by atoms with Crippen molar-refractivity contribution in [2.24, 2.45) is 0 Å². The Bertz CT molecular complexity index is 611. The first-order chi connectivity index (χ1) is 9.60. The highest BCUT2D eigenvalue weighted by Crippen LogP contribution is 2.25. The van der Waals surface area contributed by atoms with Crippen LogP contribution in [0, 0.1) is 0 Å². The van der Waals surface area contributed by atoms with Crippen LogP contribution in [-0.2, 0) is 6.42 Å². The fourth-order valence-corrected chi connectivity index (χ4v) is 2.71. The lowest BCUT2D eigenvalue weighted by atomic mass is 10.1. The third-order valence-corrected chi connectivity index (χ3v) is 3.89. The number of carbonyl (C=O) groups excluding carboxylic acids is 1. The van der Waals surface area contributed by atoms with Gasteiger partial charge in [0.25, 0.3) is 5.91 Å². The Kier molecular flexibility index (Phi) is 5.25. The van der Waals surface area contributed by atoms with Gasteiger partial charge < -0.3 is 15.0 Å². The first kappa shape index (κ1) is 15.1. The zero-order valence-electron chi connectivity index (χ0n) is 10.9. The van der Waals surface area contributed by atoms with E-state index in [1.54, 1.807) is 19.4 Å². The Balaban J connectivity index is 1.87. The predicted octanol–water partition coefficient (Wildman–Crippen LogP) is 3.52. The van der Waals surface area contributed by atoms with Crippen LogP contribution in [0.15, 0.2) is 39.4 Å². The van der Waals surface area contributed by atoms with E-state index in [1.165, 1.54) is 0 Å². The molecule has 106 valence electrons. The molecular weight excluding hydrogens is 388 g/mol. The molecule has 0 radical (unpaired) electrons. The van der Waals surface area contributed by atoms with Crippen molar-refractivity contribution < 1.29 is 9.53 Å². The third-order valence-electron chi connectivity index (χ3n) is 2.81. The smallest absolute Gasteiger partial charge is 0.267 e. The van der Waals surface area contributed by atoms with Gasteiger partial charge in [-0.25, -0.2) is 0 Å². The molecular formula is C14H14Br2N2O2. The molecule has 20 heavy (non-hydrogen) atoms. The molecule has 0 aliphatic carbocycles. The molecule has 0 bridgehead atoms. The monoisotopic (exact) mass is 400 g/mol. The van der Waals surface area contributed by atoms with E-state index in [1.807, 2.05) is 18.2 Å². The van der Waals surface area contributed by atoms with Gasteiger partial charge in [0.2, 0.25) is 0 Å². The standard InChI is InChI=1S/C14H14Br2N2O2/c1-20-13-3-2-9(6-11(13)16)4-5-17-14(19)12-7-10(15)8-18-12/h2-3,6-8,18H,4-5H2,1H3,(H,17,19). The minimum absolute atomic E-state index is 0.108. The van der Waals surface area contributed by atoms with Gasteiger partial charge in [0.05, 0.1) is 11.6 Å². The maximum absolute atomic E-state index is 11.8. The second-order valence-electron chi connectivity index (χ2n) is 4.21. The summed E-state index contributed by atoms with van der Waals surface area (Å²) in [6.07, 6.45) is 2.49. The molecule has 4 nitrogen and oxygen atoms in total. The number of carbonyl (C=O) groups is 1. The van der Waals surface area contributed by atoms with E-state index in [-0.39, 0.29) is 5.91 Å². The summed E-state index contributed by atoms with van der Waals surface area (Å²) in [6, 6.07) is 7.64. The second kappa shape index (κ2) is 6.95. The van der Waals surface area contributed by atoms with Crippen molar-refractivity contribution in [3.63, 3.8) is 0 Å². The first-order valence-corrected chi connectivity index (χ1v) is 7.63. The molecule has 6 heteroatoms. The molecule has 0 atom stereocenters. The van der Waals surface area contributed by atoms with Crippen LogP contribution >= 0.6 is 31.9 Å². The van der Waals surface area contributed by atoms with Crippen molar-refractivity contribution >= 4 is 37.8 Å². The highest BCUT2D eigenvalue weighted by molar-refractivity contribution is 9.10. The molecule has 2 rings (SSSR count). The Labute approximate surface area is 134 Å². The van der Waals surface area contributed by atoms with Crippen LogP contribution in [0.5, 0.6) is 5.75 Å². The van der Waals surface area contributed by atoms with Crippen LogP contribution in [0.4, 0.5) is 0 Å². The van der Waals surface area contributed by atoms with E-state index in [0.717, 1.165) is 26.7 Å². The molecule has 2 N–H and O–H groups in total. The molecule has 0 aliphatic rings. The summed E-state index contributed by atoms with van der Waals surface area (Å²) in [6.45, 7) is 0.578. The largest absolute Gasteiger partial charge is 0.496 e. The van der Waals surface area contributed by atoms with Crippen molar-refractivity contribution in [2.75, 3.05) is 13.7 Å². The topological polar surface area (TPSA) is 54.1 Å². The summed E-state index contributed by atoms with van der Waals surface area (Å²) in [5.74, 6) is 0.692. The van der Waals surface area contributed by atoms with Gasteiger partial charge in [0.15, 0.2) is 0 Å². The van der Waals surface area contributed by atoms with Crippen LogP contribution < -0.4 is 10.1 Å². The number of methoxy groups -OCH3 is 1. The third kappa shape index (κ3) is 3.86. The lowest BCUT2D eigenvalue weighted by molar-refractivity contribution is 0.0950. The summed E-state index contributed by atoms with van der Waals surface area (Å²) < 4.78 is 6.95. The van der Waals surface area contributed by atoms with Crippen LogP contribution in [0.1, 0.15) is 16.1 Å². The van der Waals surface area contributed by atoms with Crippen LogP contribution in [0.25, 0.3) is 0 Å². The molecule has 0 unspecified atom stereocenters. The summed E-state index contributed by atoms with van der Waals surface area (Å²) in [7, 11) is 1.63. The minimum atomic E-state index is -0.108. The number of nitrogens with one attached hydrogen (secondary N) is 2. The molecule has 1 aromatic heterocycles. The van der Waals surface area contributed by atoms with Crippen molar-refractivity contribution in [1.29, 1.82) is 0 Å². The Morgan fingerprint density at radius 3 is 2.75 bits per heavy atom. The van der Waals surface area contributed by atoms with Gasteiger partial charge in [-0.15, -0.1) is 0 Å². The van der Waals surface area contributed by atoms with Gasteiger partial charge in [-0.3, -0.25) is 4.79 Å². The average Bonchev–Trinajstić information content (AvgIpc) is 2.85. The number of ether oxygens (including phenoxy) is 1. The number of amides is 1. The van der Waals surface area contributed by atoms with Gasteiger partial charge >= 0.3 is 0 Å². The van der Waals surface area contributed by atoms with Gasteiger partial charge in [-0.1, -0.05) is 6.07 Å². The quantitative estimate of drug-likeness (QED) is 0.805. The predicted molar refractivity (Wildman–Crippen MR) is 85.2 cm³/mol. The minimum Gasteiger partial charge on any atom is -0.496 e. The van der Waals surface area contributed by atoms with Gasteiger partial charge in [-0.2, -0.15) is 0 Å². The molecule has 0 spiro atoms. The Hall–Kier alpha value is -1.27. The molecule has 1 aromatic carbocycles. The fraction of sp³-hybridized carbons (Fsp3) is 0.214. The normalized spacial score (nSPS) is 10.3. The molecule has 0 saturated carbocycles. The van der Waals surface area contributed by atoms with E-state index >= 15 is 0 Å². The number of aromatic nitrogens is 1. The highest BCUT2D eigenvalue weighted by Gasteiger charge is 2.07. The molecule has 2 aromatic rings. The van der Waals surface area contributed by atoms with Crippen molar-refractivity contribution in [1.82, 2.24) is 10.3 Å². The van der Waals surface area contributed by atoms with E-state index < -0.39 is 0 Å². The number of halogens is 2. The number of benzene rings is 1. The number of rotatable bonds is 5. The Morgan fingerprint density at radius 2 is 2.15 bits per heavy atom. The number of hydrogen-bond acceptors (Lipinski definition) is 2. The maximum atomic E-state index is 11.8. The first-order valence-electron chi connectivity index (χ1n) is 6.04. The molecule has 1 amide bonds. The maximum Gasteiger partial charge on any atom is 0.267 e. The summed E-state index contributed by atoms with van der Waals surface area (Å²) in [4.78, 5) is 14.7. The van der Waals surface area contributed by atoms with Gasteiger partial charge in [0.1, 0.15) is 11.4 Å². The lowest BCUT2D eigenvalue weighted by Crippen LogP contribution is -2.25. The van der Waals surface area contributed by atoms with Gasteiger partial charge in [-0.05, 0) is 62.0 Å². The van der Waals surface area contributed by atoms with Gasteiger partial charge in [0, 0.05) is 17.2 Å². The zero-order valence-corrected chi connectivity index (χ0v) is 14.0. The number of hydrogen-bond donors (Lipinski definition) is 2. The number of aromatic amines is 1. The van der Waals surface area contributed by atoms with E-state index in [9.17, 15) is 4.79 Å². The Morgan fingerprint density at radius 1 is 1.35 bits per heavy atom. The summed E-state index contributed by atoms with van der Waals surface area (Å²) in [5, 5.41) is 2.87. The number of H-pyrrole nitrogens is 1. The van der Waals surface area contributed by atoms with Crippen molar-refractivity contribution in [3.05, 3.63) is 50.7 Å². The fourth-order valence-electron chi connectivity index (χ4n) is 1.78. The van der Waals surface area contributed by atoms with E-state index in [0.29, 0.717) is 12.2 Å². The van der Waals surface area contributed by atoms with E-state index in [4.69, 9.17) is 4.74 Å². The van der Waals surface area contributed by atoms with Crippen LogP contribution in [-0.4, -0.2) is 24.5 Å².